The number of hydrogen-bond donors (Lipinski definition) is 0. The molecule has 0 amide bonds. The van der Waals surface area contributed by atoms with E-state index >= 15 is 0 Å². The first-order valence-corrected chi connectivity index (χ1v) is 10.5. The molecule has 0 heterocycles. The quantitative estimate of drug-likeness (QED) is 0.114. The van der Waals surface area contributed by atoms with E-state index in [0.717, 1.165) is 0 Å². The van der Waals surface area contributed by atoms with Crippen molar-refractivity contribution in [2.45, 2.75) is 0 Å². The second-order valence-corrected chi connectivity index (χ2v) is 6.92. The second kappa shape index (κ2) is 14.0. The Hall–Kier alpha value is -4.60. The summed E-state index contributed by atoms with van der Waals surface area (Å²) in [5.74, 6) is -2.06. The van der Waals surface area contributed by atoms with Crippen LogP contribution in [-0.2, 0) is 38.1 Å². The topological polar surface area (TPSA) is 124 Å². The van der Waals surface area contributed by atoms with Gasteiger partial charge in [-0.15, -0.1) is 0 Å². The van der Waals surface area contributed by atoms with Crippen LogP contribution < -0.4 is 9.47 Å². The summed E-state index contributed by atoms with van der Waals surface area (Å²) in [6.45, 7) is 0.502. The van der Waals surface area contributed by atoms with Gasteiger partial charge in [0.05, 0.1) is 28.4 Å². The molecule has 10 heteroatoms. The van der Waals surface area contributed by atoms with Gasteiger partial charge >= 0.3 is 23.9 Å². The van der Waals surface area contributed by atoms with Gasteiger partial charge in [-0.3, -0.25) is 0 Å². The molecule has 0 aliphatic carbocycles. The molecule has 190 valence electrons. The van der Waals surface area contributed by atoms with Crippen molar-refractivity contribution in [3.8, 4) is 11.5 Å². The van der Waals surface area contributed by atoms with Crippen LogP contribution in [-0.4, -0.2) is 65.5 Å². The number of carbonyl (C=O) groups excluding carboxylic acids is 4. The number of ether oxygens (including phenoxy) is 6. The average molecular weight is 498 g/mol. The third-order valence-electron chi connectivity index (χ3n) is 4.62. The molecule has 2 rings (SSSR count). The molecular formula is C26H26O10. The minimum Gasteiger partial charge on any atom is -0.490 e. The average Bonchev–Trinajstić information content (AvgIpc) is 2.92. The number of carbonyl (C=O) groups is 4. The maximum absolute atomic E-state index is 11.7. The molecule has 0 bridgehead atoms. The first-order chi connectivity index (χ1) is 17.3. The van der Waals surface area contributed by atoms with Gasteiger partial charge in [0.15, 0.2) is 0 Å². The van der Waals surface area contributed by atoms with Crippen molar-refractivity contribution in [1.82, 2.24) is 0 Å². The van der Waals surface area contributed by atoms with E-state index in [0.29, 0.717) is 22.6 Å². The SMILES string of the molecule is COC(=O)C(=Cc1ccc(OCCOc2ccc(C=C(C(=O)OC)C(=O)OC)cc2)cc1)C(=O)OC. The molecule has 0 aliphatic rings. The van der Waals surface area contributed by atoms with Crippen LogP contribution in [0.15, 0.2) is 59.7 Å². The van der Waals surface area contributed by atoms with E-state index in [1.165, 1.54) is 40.6 Å². The van der Waals surface area contributed by atoms with Crippen LogP contribution in [0.25, 0.3) is 12.2 Å². The minimum atomic E-state index is -0.796. The van der Waals surface area contributed by atoms with E-state index in [1.54, 1.807) is 48.5 Å². The van der Waals surface area contributed by atoms with Gasteiger partial charge < -0.3 is 28.4 Å². The number of methoxy groups -OCH3 is 4. The lowest BCUT2D eigenvalue weighted by Crippen LogP contribution is -2.15. The molecule has 2 aromatic rings. The van der Waals surface area contributed by atoms with Gasteiger partial charge in [-0.1, -0.05) is 24.3 Å². The summed E-state index contributed by atoms with van der Waals surface area (Å²) in [5.41, 5.74) is 0.716. The van der Waals surface area contributed by atoms with E-state index in [2.05, 4.69) is 18.9 Å². The monoisotopic (exact) mass is 498 g/mol. The maximum Gasteiger partial charge on any atom is 0.345 e. The Balaban J connectivity index is 1.91. The zero-order valence-corrected chi connectivity index (χ0v) is 20.3. The number of rotatable bonds is 11. The predicted octanol–water partition coefficient (Wildman–Crippen LogP) is 2.60. The molecule has 0 unspecified atom stereocenters. The van der Waals surface area contributed by atoms with Crippen LogP contribution in [0.5, 0.6) is 11.5 Å². The molecule has 0 atom stereocenters. The van der Waals surface area contributed by atoms with Crippen molar-refractivity contribution >= 4 is 36.0 Å². The fourth-order valence-electron chi connectivity index (χ4n) is 2.82. The summed E-state index contributed by atoms with van der Waals surface area (Å²) in [6.07, 6.45) is 2.73. The van der Waals surface area contributed by atoms with Gasteiger partial charge in [0, 0.05) is 0 Å². The summed E-state index contributed by atoms with van der Waals surface area (Å²) in [6, 6.07) is 13.4. The van der Waals surface area contributed by atoms with Gasteiger partial charge in [0.2, 0.25) is 0 Å². The van der Waals surface area contributed by atoms with Gasteiger partial charge in [0.25, 0.3) is 0 Å². The second-order valence-electron chi connectivity index (χ2n) is 6.92. The molecular weight excluding hydrogens is 472 g/mol. The van der Waals surface area contributed by atoms with Crippen LogP contribution in [0.4, 0.5) is 0 Å². The first kappa shape index (κ1) is 27.6. The van der Waals surface area contributed by atoms with Gasteiger partial charge in [-0.05, 0) is 47.5 Å². The molecule has 2 aromatic carbocycles. The highest BCUT2D eigenvalue weighted by atomic mass is 16.6. The van der Waals surface area contributed by atoms with Crippen LogP contribution >= 0.6 is 0 Å². The third-order valence-corrected chi connectivity index (χ3v) is 4.62. The van der Waals surface area contributed by atoms with E-state index < -0.39 is 23.9 Å². The Labute approximate surface area is 208 Å². The number of benzene rings is 2. The van der Waals surface area contributed by atoms with Gasteiger partial charge in [-0.25, -0.2) is 19.2 Å². The highest BCUT2D eigenvalue weighted by Crippen LogP contribution is 2.18. The molecule has 36 heavy (non-hydrogen) atoms. The summed E-state index contributed by atoms with van der Waals surface area (Å²) in [7, 11) is 4.70. The molecule has 0 saturated carbocycles. The van der Waals surface area contributed by atoms with Gasteiger partial charge in [-0.2, -0.15) is 0 Å². The number of esters is 4. The van der Waals surface area contributed by atoms with Crippen LogP contribution in [0.3, 0.4) is 0 Å². The predicted molar refractivity (Wildman–Crippen MR) is 128 cm³/mol. The largest absolute Gasteiger partial charge is 0.490 e. The van der Waals surface area contributed by atoms with E-state index in [1.807, 2.05) is 0 Å². The normalized spacial score (nSPS) is 9.78. The fraction of sp³-hybridized carbons (Fsp3) is 0.231. The zero-order valence-electron chi connectivity index (χ0n) is 20.3. The van der Waals surface area contributed by atoms with E-state index in [4.69, 9.17) is 9.47 Å². The molecule has 0 fully saturated rings. The van der Waals surface area contributed by atoms with E-state index in [9.17, 15) is 19.2 Å². The van der Waals surface area contributed by atoms with Crippen molar-refractivity contribution < 1.29 is 47.6 Å². The molecule has 10 nitrogen and oxygen atoms in total. The van der Waals surface area contributed by atoms with Crippen molar-refractivity contribution in [3.63, 3.8) is 0 Å². The lowest BCUT2D eigenvalue weighted by atomic mass is 10.1. The highest BCUT2D eigenvalue weighted by Gasteiger charge is 2.20. The summed E-state index contributed by atoms with van der Waals surface area (Å²) >= 11 is 0. The molecule has 0 aromatic heterocycles. The van der Waals surface area contributed by atoms with Crippen molar-refractivity contribution in [2.24, 2.45) is 0 Å². The lowest BCUT2D eigenvalue weighted by Gasteiger charge is -2.09. The molecule has 0 saturated heterocycles. The molecule has 0 N–H and O–H groups in total. The van der Waals surface area contributed by atoms with Crippen LogP contribution in [0, 0.1) is 0 Å². The summed E-state index contributed by atoms with van der Waals surface area (Å²) in [4.78, 5) is 47.0. The van der Waals surface area contributed by atoms with Crippen molar-refractivity contribution in [2.75, 3.05) is 41.7 Å². The van der Waals surface area contributed by atoms with Crippen molar-refractivity contribution in [1.29, 1.82) is 0 Å². The minimum absolute atomic E-state index is 0.226. The molecule has 0 aliphatic heterocycles. The summed E-state index contributed by atoms with van der Waals surface area (Å²) in [5, 5.41) is 0. The Bertz CT molecular complexity index is 1000. The number of hydrogen-bond acceptors (Lipinski definition) is 10. The Morgan fingerprint density at radius 2 is 0.806 bits per heavy atom. The first-order valence-electron chi connectivity index (χ1n) is 10.5. The third kappa shape index (κ3) is 8.01. The van der Waals surface area contributed by atoms with Gasteiger partial charge in [0.1, 0.15) is 35.9 Å². The lowest BCUT2D eigenvalue weighted by molar-refractivity contribution is -0.145. The molecule has 0 radical (unpaired) electrons. The smallest absolute Gasteiger partial charge is 0.345 e. The maximum atomic E-state index is 11.7. The Kier molecular flexibility index (Phi) is 10.7. The summed E-state index contributed by atoms with van der Waals surface area (Å²) < 4.78 is 29.7. The standard InChI is InChI=1S/C26H26O10/c1-31-23(27)21(24(28)32-2)15-17-5-9-19(10-6-17)35-13-14-36-20-11-7-18(8-12-20)16-22(25(29)33-3)26(30)34-4/h5-12,15-16H,13-14H2,1-4H3. The highest BCUT2D eigenvalue weighted by molar-refractivity contribution is 6.18. The van der Waals surface area contributed by atoms with Crippen molar-refractivity contribution in [3.05, 3.63) is 70.8 Å². The molecule has 0 spiro atoms. The van der Waals surface area contributed by atoms with Crippen LogP contribution in [0.2, 0.25) is 0 Å². The zero-order chi connectivity index (χ0) is 26.5. The Morgan fingerprint density at radius 3 is 1.06 bits per heavy atom. The fourth-order valence-corrected chi connectivity index (χ4v) is 2.82. The Morgan fingerprint density at radius 1 is 0.528 bits per heavy atom. The van der Waals surface area contributed by atoms with E-state index in [-0.39, 0.29) is 24.4 Å². The van der Waals surface area contributed by atoms with Crippen LogP contribution in [0.1, 0.15) is 11.1 Å².